The highest BCUT2D eigenvalue weighted by Gasteiger charge is 2.41. The van der Waals surface area contributed by atoms with Gasteiger partial charge in [-0.2, -0.15) is 0 Å². The average molecular weight is 200 g/mol. The predicted molar refractivity (Wildman–Crippen MR) is 59.1 cm³/mol. The highest BCUT2D eigenvalue weighted by atomic mass is 32.2. The fourth-order valence-corrected chi connectivity index (χ4v) is 4.12. The number of nitrogens with one attached hydrogen (secondary N) is 2. The molecule has 3 atom stereocenters. The van der Waals surface area contributed by atoms with Crippen molar-refractivity contribution in [2.24, 2.45) is 5.92 Å². The van der Waals surface area contributed by atoms with Crippen LogP contribution in [0.1, 0.15) is 26.7 Å². The van der Waals surface area contributed by atoms with E-state index in [0.29, 0.717) is 10.9 Å². The van der Waals surface area contributed by atoms with E-state index in [0.717, 1.165) is 5.92 Å². The lowest BCUT2D eigenvalue weighted by atomic mass is 9.93. The summed E-state index contributed by atoms with van der Waals surface area (Å²) >= 11 is 2.15. The molecule has 2 aliphatic heterocycles. The van der Waals surface area contributed by atoms with Crippen molar-refractivity contribution >= 4 is 11.8 Å². The van der Waals surface area contributed by atoms with Crippen LogP contribution >= 0.6 is 11.8 Å². The van der Waals surface area contributed by atoms with Gasteiger partial charge < -0.3 is 5.32 Å². The first-order valence-electron chi connectivity index (χ1n) is 5.35. The fraction of sp³-hybridized carbons (Fsp3) is 1.00. The Morgan fingerprint density at radius 3 is 2.92 bits per heavy atom. The zero-order valence-electron chi connectivity index (χ0n) is 8.60. The zero-order valence-corrected chi connectivity index (χ0v) is 9.41. The van der Waals surface area contributed by atoms with E-state index in [1.807, 2.05) is 0 Å². The normalized spacial score (nSPS) is 46.6. The van der Waals surface area contributed by atoms with Crippen LogP contribution in [-0.4, -0.2) is 29.8 Å². The van der Waals surface area contributed by atoms with Gasteiger partial charge in [0.1, 0.15) is 0 Å². The summed E-state index contributed by atoms with van der Waals surface area (Å²) in [4.78, 5) is 0.392. The molecule has 0 aromatic rings. The van der Waals surface area contributed by atoms with E-state index in [2.05, 4.69) is 36.2 Å². The molecule has 2 rings (SSSR count). The molecular weight excluding hydrogens is 180 g/mol. The van der Waals surface area contributed by atoms with Crippen LogP contribution in [0.25, 0.3) is 0 Å². The largest absolute Gasteiger partial charge is 0.316 e. The monoisotopic (exact) mass is 200 g/mol. The molecule has 3 unspecified atom stereocenters. The van der Waals surface area contributed by atoms with Gasteiger partial charge in [-0.15, -0.1) is 11.8 Å². The van der Waals surface area contributed by atoms with Crippen LogP contribution in [0.15, 0.2) is 0 Å². The molecule has 2 aliphatic rings. The standard InChI is InChI=1S/C10H20N2S/c1-8-7-11-5-4-10(8)12-9(2)3-6-13-10/h8-9,11-12H,3-7H2,1-2H3. The smallest absolute Gasteiger partial charge is 0.0697 e. The van der Waals surface area contributed by atoms with Gasteiger partial charge in [-0.25, -0.2) is 0 Å². The van der Waals surface area contributed by atoms with Crippen molar-refractivity contribution in [3.63, 3.8) is 0 Å². The average Bonchev–Trinajstić information content (AvgIpc) is 2.11. The summed E-state index contributed by atoms with van der Waals surface area (Å²) < 4.78 is 0. The SMILES string of the molecule is CC1CCSC2(CCNCC2C)N1. The number of rotatable bonds is 0. The van der Waals surface area contributed by atoms with Gasteiger partial charge in [-0.05, 0) is 38.0 Å². The van der Waals surface area contributed by atoms with Gasteiger partial charge in [0, 0.05) is 12.6 Å². The van der Waals surface area contributed by atoms with Crippen molar-refractivity contribution in [1.29, 1.82) is 0 Å². The molecule has 2 nitrogen and oxygen atoms in total. The molecule has 0 aromatic heterocycles. The van der Waals surface area contributed by atoms with Crippen molar-refractivity contribution < 1.29 is 0 Å². The third kappa shape index (κ3) is 1.88. The minimum absolute atomic E-state index is 0.392. The van der Waals surface area contributed by atoms with Gasteiger partial charge in [0.15, 0.2) is 0 Å². The summed E-state index contributed by atoms with van der Waals surface area (Å²) in [7, 11) is 0. The molecule has 2 fully saturated rings. The molecule has 76 valence electrons. The summed E-state index contributed by atoms with van der Waals surface area (Å²) in [6.45, 7) is 7.03. The summed E-state index contributed by atoms with van der Waals surface area (Å²) in [5.41, 5.74) is 0. The maximum Gasteiger partial charge on any atom is 0.0697 e. The second-order valence-electron chi connectivity index (χ2n) is 4.43. The lowest BCUT2D eigenvalue weighted by Crippen LogP contribution is -2.60. The molecule has 2 N–H and O–H groups in total. The van der Waals surface area contributed by atoms with Gasteiger partial charge in [0.05, 0.1) is 4.87 Å². The summed E-state index contributed by atoms with van der Waals surface area (Å²) in [6.07, 6.45) is 2.61. The van der Waals surface area contributed by atoms with Crippen molar-refractivity contribution in [3.05, 3.63) is 0 Å². The van der Waals surface area contributed by atoms with Gasteiger partial charge >= 0.3 is 0 Å². The van der Waals surface area contributed by atoms with E-state index in [1.54, 1.807) is 0 Å². The quantitative estimate of drug-likeness (QED) is 0.618. The van der Waals surface area contributed by atoms with Crippen LogP contribution in [-0.2, 0) is 0 Å². The minimum Gasteiger partial charge on any atom is -0.316 e. The predicted octanol–water partition coefficient (Wildman–Crippen LogP) is 1.43. The van der Waals surface area contributed by atoms with Crippen LogP contribution in [0.3, 0.4) is 0 Å². The first kappa shape index (κ1) is 9.81. The van der Waals surface area contributed by atoms with E-state index >= 15 is 0 Å². The van der Waals surface area contributed by atoms with E-state index in [4.69, 9.17) is 0 Å². The lowest BCUT2D eigenvalue weighted by molar-refractivity contribution is 0.235. The minimum atomic E-state index is 0.392. The Balaban J connectivity index is 2.07. The Kier molecular flexibility index (Phi) is 2.86. The molecule has 0 saturated carbocycles. The molecule has 1 spiro atoms. The Morgan fingerprint density at radius 2 is 2.23 bits per heavy atom. The molecule has 0 amide bonds. The first-order chi connectivity index (χ1) is 6.23. The summed E-state index contributed by atoms with van der Waals surface area (Å²) in [5, 5.41) is 7.27. The van der Waals surface area contributed by atoms with Crippen molar-refractivity contribution in [2.75, 3.05) is 18.8 Å². The maximum atomic E-state index is 3.80. The zero-order chi connectivity index (χ0) is 9.31. The van der Waals surface area contributed by atoms with Crippen molar-refractivity contribution in [1.82, 2.24) is 10.6 Å². The Hall–Kier alpha value is 0.270. The van der Waals surface area contributed by atoms with Crippen LogP contribution < -0.4 is 10.6 Å². The van der Waals surface area contributed by atoms with Crippen LogP contribution in [0.4, 0.5) is 0 Å². The molecule has 0 bridgehead atoms. The van der Waals surface area contributed by atoms with E-state index in [9.17, 15) is 0 Å². The van der Waals surface area contributed by atoms with Crippen LogP contribution in [0, 0.1) is 5.92 Å². The first-order valence-corrected chi connectivity index (χ1v) is 6.34. The van der Waals surface area contributed by atoms with E-state index in [1.165, 1.54) is 31.7 Å². The van der Waals surface area contributed by atoms with E-state index < -0.39 is 0 Å². The highest BCUT2D eigenvalue weighted by Crippen LogP contribution is 2.39. The molecule has 0 aromatic carbocycles. The van der Waals surface area contributed by atoms with Gasteiger partial charge in [-0.1, -0.05) is 6.92 Å². The molecule has 3 heteroatoms. The Labute approximate surface area is 85.2 Å². The molecule has 2 saturated heterocycles. The molecule has 2 heterocycles. The number of piperidine rings is 1. The van der Waals surface area contributed by atoms with E-state index in [-0.39, 0.29) is 0 Å². The fourth-order valence-electron chi connectivity index (χ4n) is 2.38. The molecule has 0 aliphatic carbocycles. The van der Waals surface area contributed by atoms with Crippen LogP contribution in [0.2, 0.25) is 0 Å². The van der Waals surface area contributed by atoms with Crippen molar-refractivity contribution in [3.8, 4) is 0 Å². The Morgan fingerprint density at radius 1 is 1.38 bits per heavy atom. The third-order valence-electron chi connectivity index (χ3n) is 3.32. The third-order valence-corrected chi connectivity index (χ3v) is 5.00. The van der Waals surface area contributed by atoms with Crippen molar-refractivity contribution in [2.45, 2.75) is 37.6 Å². The Bertz CT molecular complexity index is 182. The maximum absolute atomic E-state index is 3.80. The van der Waals surface area contributed by atoms with Gasteiger partial charge in [0.2, 0.25) is 0 Å². The second kappa shape index (κ2) is 3.79. The van der Waals surface area contributed by atoms with Gasteiger partial charge in [-0.3, -0.25) is 5.32 Å². The number of thioether (sulfide) groups is 1. The highest BCUT2D eigenvalue weighted by molar-refractivity contribution is 8.00. The number of hydrogen-bond acceptors (Lipinski definition) is 3. The molecule has 13 heavy (non-hydrogen) atoms. The van der Waals surface area contributed by atoms with Gasteiger partial charge in [0.25, 0.3) is 0 Å². The molecule has 0 radical (unpaired) electrons. The summed E-state index contributed by atoms with van der Waals surface area (Å²) in [6, 6.07) is 0.710. The summed E-state index contributed by atoms with van der Waals surface area (Å²) in [5.74, 6) is 2.09. The lowest BCUT2D eigenvalue weighted by Gasteiger charge is -2.47. The second-order valence-corrected chi connectivity index (χ2v) is 5.85. The molecular formula is C10H20N2S. The number of hydrogen-bond donors (Lipinski definition) is 2. The topological polar surface area (TPSA) is 24.1 Å². The van der Waals surface area contributed by atoms with Crippen LogP contribution in [0.5, 0.6) is 0 Å².